The molecule has 0 radical (unpaired) electrons. The number of ether oxygens (including phenoxy) is 2. The molecule has 1 aromatic heterocycles. The summed E-state index contributed by atoms with van der Waals surface area (Å²) in [6.45, 7) is 10.7. The van der Waals surface area contributed by atoms with Gasteiger partial charge in [0.05, 0.1) is 26.1 Å². The lowest BCUT2D eigenvalue weighted by atomic mass is 9.89. The van der Waals surface area contributed by atoms with Gasteiger partial charge >= 0.3 is 0 Å². The molecule has 0 N–H and O–H groups in total. The molecule has 4 nitrogen and oxygen atoms in total. The first-order chi connectivity index (χ1) is 10.5. The molecule has 0 aliphatic carbocycles. The molecule has 0 unspecified atom stereocenters. The van der Waals surface area contributed by atoms with E-state index < -0.39 is 5.79 Å². The molecule has 0 atom stereocenters. The minimum atomic E-state index is -0.587. The Bertz CT molecular complexity index is 630. The summed E-state index contributed by atoms with van der Waals surface area (Å²) in [5.74, 6) is -0.587. The first-order valence-corrected chi connectivity index (χ1v) is 7.81. The maximum Gasteiger partial charge on any atom is 0.190 e. The Morgan fingerprint density at radius 2 is 1.73 bits per heavy atom. The third kappa shape index (κ3) is 2.81. The van der Waals surface area contributed by atoms with Crippen LogP contribution in [0.2, 0.25) is 0 Å². The van der Waals surface area contributed by atoms with Gasteiger partial charge in [0.1, 0.15) is 0 Å². The Balaban J connectivity index is 1.95. The minimum absolute atomic E-state index is 0.587. The van der Waals surface area contributed by atoms with Crippen molar-refractivity contribution < 1.29 is 9.47 Å². The second kappa shape index (κ2) is 5.86. The van der Waals surface area contributed by atoms with Crippen molar-refractivity contribution in [3.8, 4) is 0 Å². The maximum atomic E-state index is 6.04. The summed E-state index contributed by atoms with van der Waals surface area (Å²) in [4.78, 5) is 4.12. The van der Waals surface area contributed by atoms with E-state index in [1.165, 1.54) is 27.8 Å². The van der Waals surface area contributed by atoms with Gasteiger partial charge in [0.2, 0.25) is 0 Å². The van der Waals surface area contributed by atoms with Crippen molar-refractivity contribution >= 4 is 0 Å². The van der Waals surface area contributed by atoms with Crippen molar-refractivity contribution in [3.63, 3.8) is 0 Å². The molecular weight excluding hydrogens is 276 g/mol. The summed E-state index contributed by atoms with van der Waals surface area (Å²) in [5, 5.41) is 0. The largest absolute Gasteiger partial charge is 0.345 e. The normalized spacial score (nSPS) is 17.1. The first kappa shape index (κ1) is 15.3. The van der Waals surface area contributed by atoms with Gasteiger partial charge in [-0.05, 0) is 55.5 Å². The van der Waals surface area contributed by atoms with E-state index >= 15 is 0 Å². The highest BCUT2D eigenvalue weighted by atomic mass is 16.7. The predicted molar refractivity (Wildman–Crippen MR) is 86.0 cm³/mol. The van der Waals surface area contributed by atoms with Crippen LogP contribution in [-0.4, -0.2) is 28.6 Å². The number of nitrogens with zero attached hydrogens (tertiary/aromatic N) is 2. The molecule has 3 rings (SSSR count). The molecule has 0 spiro atoms. The number of imidazole rings is 1. The van der Waals surface area contributed by atoms with Gasteiger partial charge in [-0.2, -0.15) is 0 Å². The topological polar surface area (TPSA) is 36.3 Å². The minimum Gasteiger partial charge on any atom is -0.345 e. The first-order valence-electron chi connectivity index (χ1n) is 7.81. The molecule has 118 valence electrons. The van der Waals surface area contributed by atoms with E-state index in [1.54, 1.807) is 6.20 Å². The number of aromatic nitrogens is 2. The van der Waals surface area contributed by atoms with E-state index in [1.807, 2.05) is 17.1 Å². The molecule has 1 saturated heterocycles. The number of aryl methyl sites for hydroxylation is 2. The standard InChI is InChI=1S/C18H24N2O2/c1-13-9-14(2)16(4)17(15(13)3)10-18(21-7-8-22-18)11-20-6-5-19-12-20/h5-6,9,12H,7-8,10-11H2,1-4H3. The Morgan fingerprint density at radius 1 is 1.09 bits per heavy atom. The molecule has 2 heterocycles. The number of benzene rings is 1. The van der Waals surface area contributed by atoms with Crippen molar-refractivity contribution in [3.05, 3.63) is 52.6 Å². The molecule has 0 saturated carbocycles. The van der Waals surface area contributed by atoms with Gasteiger partial charge in [0.15, 0.2) is 5.79 Å². The number of hydrogen-bond acceptors (Lipinski definition) is 3. The van der Waals surface area contributed by atoms with E-state index in [4.69, 9.17) is 9.47 Å². The van der Waals surface area contributed by atoms with Crippen molar-refractivity contribution in [2.45, 2.75) is 46.4 Å². The molecule has 0 amide bonds. The van der Waals surface area contributed by atoms with Crippen LogP contribution in [0.15, 0.2) is 24.8 Å². The SMILES string of the molecule is Cc1cc(C)c(C)c(CC2(Cn3ccnc3)OCCO2)c1C. The highest BCUT2D eigenvalue weighted by Gasteiger charge is 2.38. The number of rotatable bonds is 4. The van der Waals surface area contributed by atoms with Crippen LogP contribution in [0.4, 0.5) is 0 Å². The molecule has 4 heteroatoms. The second-order valence-corrected chi connectivity index (χ2v) is 6.26. The smallest absolute Gasteiger partial charge is 0.190 e. The molecule has 1 aromatic carbocycles. The molecule has 1 fully saturated rings. The van der Waals surface area contributed by atoms with Gasteiger partial charge in [-0.3, -0.25) is 0 Å². The van der Waals surface area contributed by atoms with E-state index in [2.05, 4.69) is 38.7 Å². The average molecular weight is 300 g/mol. The lowest BCUT2D eigenvalue weighted by molar-refractivity contribution is -0.166. The summed E-state index contributed by atoms with van der Waals surface area (Å²) in [5.41, 5.74) is 6.68. The molecule has 2 aromatic rings. The quantitative estimate of drug-likeness (QED) is 0.870. The van der Waals surface area contributed by atoms with Crippen LogP contribution in [0.5, 0.6) is 0 Å². The summed E-state index contributed by atoms with van der Waals surface area (Å²) in [7, 11) is 0. The molecule has 1 aliphatic heterocycles. The summed E-state index contributed by atoms with van der Waals surface area (Å²) in [6, 6.07) is 2.26. The van der Waals surface area contributed by atoms with Gasteiger partial charge in [-0.25, -0.2) is 4.98 Å². The van der Waals surface area contributed by atoms with Crippen LogP contribution in [-0.2, 0) is 22.4 Å². The van der Waals surface area contributed by atoms with Crippen LogP contribution in [0.3, 0.4) is 0 Å². The highest BCUT2D eigenvalue weighted by molar-refractivity contribution is 5.44. The average Bonchev–Trinajstić information content (AvgIpc) is 3.14. The van der Waals surface area contributed by atoms with Gasteiger partial charge in [0, 0.05) is 18.8 Å². The van der Waals surface area contributed by atoms with E-state index in [9.17, 15) is 0 Å². The van der Waals surface area contributed by atoms with Crippen LogP contribution >= 0.6 is 0 Å². The summed E-state index contributed by atoms with van der Waals surface area (Å²) < 4.78 is 14.1. The Kier molecular flexibility index (Phi) is 4.06. The van der Waals surface area contributed by atoms with Gasteiger partial charge in [-0.1, -0.05) is 6.07 Å². The molecule has 0 bridgehead atoms. The maximum absolute atomic E-state index is 6.04. The second-order valence-electron chi connectivity index (χ2n) is 6.26. The lowest BCUT2D eigenvalue weighted by Gasteiger charge is -2.30. The van der Waals surface area contributed by atoms with E-state index in [0.29, 0.717) is 19.8 Å². The van der Waals surface area contributed by atoms with Crippen LogP contribution in [0.25, 0.3) is 0 Å². The Labute approximate surface area is 132 Å². The zero-order valence-corrected chi connectivity index (χ0v) is 13.8. The van der Waals surface area contributed by atoms with E-state index in [0.717, 1.165) is 6.42 Å². The highest BCUT2D eigenvalue weighted by Crippen LogP contribution is 2.31. The molecule has 22 heavy (non-hydrogen) atoms. The Hall–Kier alpha value is -1.65. The monoisotopic (exact) mass is 300 g/mol. The zero-order valence-electron chi connectivity index (χ0n) is 13.8. The summed E-state index contributed by atoms with van der Waals surface area (Å²) >= 11 is 0. The third-order valence-electron chi connectivity index (χ3n) is 4.76. The van der Waals surface area contributed by atoms with Gasteiger partial charge in [-0.15, -0.1) is 0 Å². The molecular formula is C18H24N2O2. The van der Waals surface area contributed by atoms with Crippen molar-refractivity contribution in [1.82, 2.24) is 9.55 Å². The van der Waals surface area contributed by atoms with Crippen LogP contribution in [0, 0.1) is 27.7 Å². The van der Waals surface area contributed by atoms with Crippen LogP contribution < -0.4 is 0 Å². The van der Waals surface area contributed by atoms with E-state index in [-0.39, 0.29) is 0 Å². The predicted octanol–water partition coefficient (Wildman–Crippen LogP) is 3.10. The van der Waals surface area contributed by atoms with Crippen molar-refractivity contribution in [2.75, 3.05) is 13.2 Å². The zero-order chi connectivity index (χ0) is 15.7. The fourth-order valence-corrected chi connectivity index (χ4v) is 3.24. The van der Waals surface area contributed by atoms with Crippen molar-refractivity contribution in [1.29, 1.82) is 0 Å². The van der Waals surface area contributed by atoms with Crippen molar-refractivity contribution in [2.24, 2.45) is 0 Å². The number of hydrogen-bond donors (Lipinski definition) is 0. The third-order valence-corrected chi connectivity index (χ3v) is 4.76. The van der Waals surface area contributed by atoms with Crippen LogP contribution in [0.1, 0.15) is 27.8 Å². The van der Waals surface area contributed by atoms with Gasteiger partial charge < -0.3 is 14.0 Å². The van der Waals surface area contributed by atoms with Gasteiger partial charge in [0.25, 0.3) is 0 Å². The fraction of sp³-hybridized carbons (Fsp3) is 0.500. The fourth-order valence-electron chi connectivity index (χ4n) is 3.24. The Morgan fingerprint density at radius 3 is 2.27 bits per heavy atom. The summed E-state index contributed by atoms with van der Waals surface area (Å²) in [6.07, 6.45) is 6.32. The lowest BCUT2D eigenvalue weighted by Crippen LogP contribution is -2.38. The molecule has 1 aliphatic rings.